The van der Waals surface area contributed by atoms with Gasteiger partial charge < -0.3 is 17.6 Å². The van der Waals surface area contributed by atoms with Gasteiger partial charge in [-0.25, -0.2) is 0 Å². The van der Waals surface area contributed by atoms with Gasteiger partial charge >= 0.3 is 6.97 Å². The molecule has 4 heterocycles. The molecule has 0 N–H and O–H groups in total. The van der Waals surface area contributed by atoms with Crippen LogP contribution in [0, 0.1) is 0 Å². The first-order valence-corrected chi connectivity index (χ1v) is 9.55. The molecule has 2 aromatic heterocycles. The highest BCUT2D eigenvalue weighted by molar-refractivity contribution is 9.18. The van der Waals surface area contributed by atoms with Crippen LogP contribution in [0.4, 0.5) is 8.63 Å². The van der Waals surface area contributed by atoms with Crippen LogP contribution in [0.3, 0.4) is 0 Å². The molecule has 0 unspecified atom stereocenters. The predicted molar refractivity (Wildman–Crippen MR) is 96.9 cm³/mol. The van der Waals surface area contributed by atoms with E-state index < -0.39 is 6.97 Å². The first kappa shape index (κ1) is 15.0. The van der Waals surface area contributed by atoms with Crippen LogP contribution in [0.1, 0.15) is 10.6 Å². The van der Waals surface area contributed by atoms with E-state index in [1.807, 2.05) is 11.4 Å². The van der Waals surface area contributed by atoms with Crippen molar-refractivity contribution in [1.29, 1.82) is 0 Å². The maximum Gasteiger partial charge on any atom is 0.738 e. The van der Waals surface area contributed by atoms with Crippen LogP contribution < -0.4 is 0 Å². The zero-order chi connectivity index (χ0) is 15.6. The molecule has 9 heteroatoms. The minimum Gasteiger partial charge on any atom is -0.389 e. The maximum absolute atomic E-state index is 15.0. The largest absolute Gasteiger partial charge is 0.738 e. The second-order valence-electron chi connectivity index (χ2n) is 4.92. The van der Waals surface area contributed by atoms with E-state index in [9.17, 15) is 8.63 Å². The number of aromatic nitrogens is 1. The molecule has 0 spiro atoms. The van der Waals surface area contributed by atoms with Crippen molar-refractivity contribution in [2.24, 2.45) is 0 Å². The highest BCUT2D eigenvalue weighted by Gasteiger charge is 2.54. The Balaban J connectivity index is 2.12. The lowest BCUT2D eigenvalue weighted by Gasteiger charge is -2.31. The number of nitrogens with zero attached hydrogens (tertiary/aromatic N) is 2. The van der Waals surface area contributed by atoms with Gasteiger partial charge in [0.05, 0.1) is 10.2 Å². The molecule has 22 heavy (non-hydrogen) atoms. The molecule has 0 aliphatic carbocycles. The third kappa shape index (κ3) is 1.95. The van der Waals surface area contributed by atoms with Gasteiger partial charge in [0, 0.05) is 48.5 Å². The van der Waals surface area contributed by atoms with Gasteiger partial charge in [0.1, 0.15) is 0 Å². The van der Waals surface area contributed by atoms with Crippen LogP contribution in [0.25, 0.3) is 5.57 Å². The molecule has 112 valence electrons. The van der Waals surface area contributed by atoms with E-state index in [2.05, 4.69) is 47.8 Å². The number of halogens is 5. The Morgan fingerprint density at radius 2 is 1.91 bits per heavy atom. The summed E-state index contributed by atoms with van der Waals surface area (Å²) in [7, 11) is 0. The Hall–Kier alpha value is -0.505. The summed E-state index contributed by atoms with van der Waals surface area (Å²) in [5.74, 6) is 0. The van der Waals surface area contributed by atoms with E-state index in [4.69, 9.17) is 0 Å². The lowest BCUT2D eigenvalue weighted by Crippen LogP contribution is -2.50. The number of rotatable bonds is 1. The molecule has 0 bridgehead atoms. The Labute approximate surface area is 154 Å². The minimum atomic E-state index is -3.95. The smallest absolute Gasteiger partial charge is 0.389 e. The SMILES string of the molecule is F[B-]1(F)n2c(Br)ccc2C(c2cc(Br)cs2)=C2C=CC(Br)=[N+]21. The van der Waals surface area contributed by atoms with Crippen molar-refractivity contribution < 1.29 is 13.1 Å². The lowest BCUT2D eigenvalue weighted by atomic mass is 9.88. The van der Waals surface area contributed by atoms with Crippen molar-refractivity contribution in [3.8, 4) is 0 Å². The van der Waals surface area contributed by atoms with Crippen LogP contribution in [0.2, 0.25) is 0 Å². The van der Waals surface area contributed by atoms with Crippen LogP contribution in [0.15, 0.2) is 50.5 Å². The van der Waals surface area contributed by atoms with E-state index in [0.717, 1.165) is 23.9 Å². The summed E-state index contributed by atoms with van der Waals surface area (Å²) < 4.78 is 33.8. The second-order valence-corrected chi connectivity index (χ2v) is 8.37. The summed E-state index contributed by atoms with van der Waals surface area (Å²) in [5.41, 5.74) is 1.84. The third-order valence-electron chi connectivity index (χ3n) is 3.68. The molecule has 0 aromatic carbocycles. The quantitative estimate of drug-likeness (QED) is 0.451. The Morgan fingerprint density at radius 3 is 2.59 bits per heavy atom. The van der Waals surface area contributed by atoms with Crippen LogP contribution in [-0.2, 0) is 0 Å². The van der Waals surface area contributed by atoms with Crippen molar-refractivity contribution in [2.45, 2.75) is 0 Å². The first-order chi connectivity index (χ1) is 10.4. The summed E-state index contributed by atoms with van der Waals surface area (Å²) in [5, 5.41) is 1.95. The van der Waals surface area contributed by atoms with Crippen molar-refractivity contribution in [2.75, 3.05) is 0 Å². The standard InChI is InChI=1S/C13H6BBr3F2N2S/c15-7-5-10(22-6-7)13-8-1-3-11(16)20(8)14(18,19)21-9(13)2-4-12(21)17/h1-6H. The van der Waals surface area contributed by atoms with Crippen molar-refractivity contribution in [3.63, 3.8) is 0 Å². The average Bonchev–Trinajstić information content (AvgIpc) is 3.12. The normalized spacial score (nSPS) is 19.0. The van der Waals surface area contributed by atoms with E-state index in [1.54, 1.807) is 24.3 Å². The second kappa shape index (κ2) is 4.99. The number of fused-ring (bicyclic) bond motifs is 2. The van der Waals surface area contributed by atoms with Gasteiger partial charge in [-0.2, -0.15) is 0 Å². The monoisotopic (exact) mass is 508 g/mol. The molecule has 0 amide bonds. The molecule has 0 fully saturated rings. The fourth-order valence-corrected chi connectivity index (χ4v) is 5.46. The van der Waals surface area contributed by atoms with Gasteiger partial charge in [0.15, 0.2) is 5.70 Å². The van der Waals surface area contributed by atoms with Crippen LogP contribution in [-0.4, -0.2) is 20.6 Å². The highest BCUT2D eigenvalue weighted by Crippen LogP contribution is 2.43. The number of hydrogen-bond donors (Lipinski definition) is 0. The number of thiophene rings is 1. The molecule has 2 aromatic rings. The van der Waals surface area contributed by atoms with E-state index in [0.29, 0.717) is 20.6 Å². The number of allylic oxidation sites excluding steroid dienone is 2. The molecule has 2 nitrogen and oxygen atoms in total. The first-order valence-electron chi connectivity index (χ1n) is 6.29. The van der Waals surface area contributed by atoms with Crippen molar-refractivity contribution in [1.82, 2.24) is 4.48 Å². The Kier molecular flexibility index (Phi) is 3.42. The van der Waals surface area contributed by atoms with Crippen LogP contribution in [0.5, 0.6) is 0 Å². The Bertz CT molecular complexity index is 910. The maximum atomic E-state index is 15.0. The van der Waals surface area contributed by atoms with Gasteiger partial charge in [-0.3, -0.25) is 0 Å². The molecule has 0 atom stereocenters. The highest BCUT2D eigenvalue weighted by atomic mass is 79.9. The molecule has 2 aliphatic heterocycles. The molecular formula is C13H6BBr3F2N2S. The van der Waals surface area contributed by atoms with E-state index in [-0.39, 0.29) is 0 Å². The average molecular weight is 511 g/mol. The van der Waals surface area contributed by atoms with Gasteiger partial charge in [-0.15, -0.1) is 11.3 Å². The predicted octanol–water partition coefficient (Wildman–Crippen LogP) is 5.45. The van der Waals surface area contributed by atoms with Gasteiger partial charge in [-0.05, 0) is 50.1 Å². The van der Waals surface area contributed by atoms with Crippen molar-refractivity contribution >= 4 is 76.3 Å². The fraction of sp³-hybridized carbons (Fsp3) is 0. The molecule has 0 radical (unpaired) electrons. The van der Waals surface area contributed by atoms with Gasteiger partial charge in [-0.1, -0.05) is 0 Å². The molecule has 4 rings (SSSR count). The summed E-state index contributed by atoms with van der Waals surface area (Å²) in [4.78, 5) is 0.942. The summed E-state index contributed by atoms with van der Waals surface area (Å²) in [6.45, 7) is -3.95. The Morgan fingerprint density at radius 1 is 1.14 bits per heavy atom. The van der Waals surface area contributed by atoms with E-state index in [1.165, 1.54) is 11.3 Å². The number of hydrogen-bond acceptors (Lipinski definition) is 1. The molecule has 2 aliphatic rings. The zero-order valence-corrected chi connectivity index (χ0v) is 16.3. The summed E-state index contributed by atoms with van der Waals surface area (Å²) in [6.07, 6.45) is 3.39. The molecular weight excluding hydrogens is 505 g/mol. The fourth-order valence-electron chi connectivity index (χ4n) is 2.83. The molecule has 0 saturated heterocycles. The summed E-state index contributed by atoms with van der Waals surface area (Å²) >= 11 is 11.5. The minimum absolute atomic E-state index is 0.367. The third-order valence-corrected chi connectivity index (χ3v) is 6.69. The lowest BCUT2D eigenvalue weighted by molar-refractivity contribution is -0.358. The van der Waals surface area contributed by atoms with Crippen molar-refractivity contribution in [3.05, 3.63) is 61.1 Å². The topological polar surface area (TPSA) is 7.94 Å². The van der Waals surface area contributed by atoms with E-state index >= 15 is 0 Å². The summed E-state index contributed by atoms with van der Waals surface area (Å²) in [6, 6.07) is 5.34. The van der Waals surface area contributed by atoms with Gasteiger partial charge in [0.2, 0.25) is 4.62 Å². The van der Waals surface area contributed by atoms with Gasteiger partial charge in [0.25, 0.3) is 0 Å². The zero-order valence-electron chi connectivity index (χ0n) is 10.7. The van der Waals surface area contributed by atoms with Crippen LogP contribution >= 0.6 is 59.1 Å². The molecule has 0 saturated carbocycles.